The van der Waals surface area contributed by atoms with Gasteiger partial charge in [0.15, 0.2) is 0 Å². The van der Waals surface area contributed by atoms with Crippen LogP contribution in [0, 0.1) is 0 Å². The summed E-state index contributed by atoms with van der Waals surface area (Å²) in [5.41, 5.74) is 1.86. The second kappa shape index (κ2) is 7.33. The quantitative estimate of drug-likeness (QED) is 0.867. The summed E-state index contributed by atoms with van der Waals surface area (Å²) in [6, 6.07) is 7.29. The van der Waals surface area contributed by atoms with Crippen LogP contribution in [0.15, 0.2) is 24.3 Å². The predicted molar refractivity (Wildman–Crippen MR) is 94.3 cm³/mol. The van der Waals surface area contributed by atoms with Crippen LogP contribution in [0.4, 0.5) is 16.4 Å². The van der Waals surface area contributed by atoms with Gasteiger partial charge in [-0.15, -0.1) is 5.10 Å². The number of rotatable bonds is 5. The van der Waals surface area contributed by atoms with E-state index in [0.717, 1.165) is 36.5 Å². The molecule has 0 unspecified atom stereocenters. The number of nitrogens with one attached hydrogen (secondary N) is 2. The van der Waals surface area contributed by atoms with Crippen LogP contribution in [0.1, 0.15) is 31.2 Å². The minimum atomic E-state index is -0.355. The zero-order valence-electron chi connectivity index (χ0n) is 14.5. The number of aryl methyl sites for hydroxylation is 2. The van der Waals surface area contributed by atoms with E-state index in [0.29, 0.717) is 18.9 Å². The van der Waals surface area contributed by atoms with Gasteiger partial charge < -0.3 is 10.2 Å². The normalized spacial score (nSPS) is 14.0. The molecule has 2 aromatic rings. The smallest absolute Gasteiger partial charge is 0.321 e. The second-order valence-corrected chi connectivity index (χ2v) is 5.95. The first-order valence-corrected chi connectivity index (χ1v) is 8.41. The Balaban J connectivity index is 1.52. The maximum absolute atomic E-state index is 11.9. The van der Waals surface area contributed by atoms with E-state index in [1.165, 1.54) is 0 Å². The van der Waals surface area contributed by atoms with Gasteiger partial charge in [-0.1, -0.05) is 19.1 Å². The summed E-state index contributed by atoms with van der Waals surface area (Å²) >= 11 is 0. The molecule has 1 saturated heterocycles. The number of anilines is 2. The van der Waals surface area contributed by atoms with Crippen molar-refractivity contribution in [2.45, 2.75) is 32.7 Å². The Morgan fingerprint density at radius 1 is 1.28 bits per heavy atom. The maximum atomic E-state index is 11.9. The molecule has 2 heterocycles. The van der Waals surface area contributed by atoms with Gasteiger partial charge >= 0.3 is 6.03 Å². The van der Waals surface area contributed by atoms with Gasteiger partial charge in [-0.3, -0.25) is 14.8 Å². The molecule has 8 heteroatoms. The fraction of sp³-hybridized carbons (Fsp3) is 0.412. The lowest BCUT2D eigenvalue weighted by Crippen LogP contribution is -2.28. The van der Waals surface area contributed by atoms with Crippen LogP contribution in [0.25, 0.3) is 0 Å². The molecule has 0 atom stereocenters. The number of hydrogen-bond acceptors (Lipinski definition) is 4. The molecule has 25 heavy (non-hydrogen) atoms. The van der Waals surface area contributed by atoms with Gasteiger partial charge in [-0.2, -0.15) is 4.98 Å². The van der Waals surface area contributed by atoms with Crippen molar-refractivity contribution >= 4 is 23.6 Å². The number of urea groups is 1. The highest BCUT2D eigenvalue weighted by atomic mass is 16.2. The van der Waals surface area contributed by atoms with E-state index in [4.69, 9.17) is 0 Å². The number of benzene rings is 1. The lowest BCUT2D eigenvalue weighted by atomic mass is 10.2. The summed E-state index contributed by atoms with van der Waals surface area (Å²) in [7, 11) is 1.79. The third kappa shape index (κ3) is 3.96. The van der Waals surface area contributed by atoms with Gasteiger partial charge in [-0.25, -0.2) is 4.79 Å². The van der Waals surface area contributed by atoms with Gasteiger partial charge in [0.25, 0.3) is 0 Å². The number of carbonyl (C=O) groups excluding carboxylic acids is 2. The maximum Gasteiger partial charge on any atom is 0.321 e. The van der Waals surface area contributed by atoms with Crippen molar-refractivity contribution in [3.63, 3.8) is 0 Å². The highest BCUT2D eigenvalue weighted by Gasteiger charge is 2.21. The van der Waals surface area contributed by atoms with Gasteiger partial charge in [0.05, 0.1) is 0 Å². The first-order chi connectivity index (χ1) is 12.1. The molecule has 1 aromatic carbocycles. The summed E-state index contributed by atoms with van der Waals surface area (Å²) in [5, 5.41) is 9.53. The van der Waals surface area contributed by atoms with E-state index >= 15 is 0 Å². The summed E-state index contributed by atoms with van der Waals surface area (Å²) in [4.78, 5) is 29.7. The Labute approximate surface area is 146 Å². The molecule has 3 rings (SSSR count). The molecule has 1 aromatic heterocycles. The predicted octanol–water partition coefficient (Wildman–Crippen LogP) is 1.83. The summed E-state index contributed by atoms with van der Waals surface area (Å²) in [5.74, 6) is 1.27. The highest BCUT2D eigenvalue weighted by Crippen LogP contribution is 2.21. The van der Waals surface area contributed by atoms with E-state index in [2.05, 4.69) is 20.7 Å². The Morgan fingerprint density at radius 3 is 2.64 bits per heavy atom. The molecule has 3 amide bonds. The Hall–Kier alpha value is -2.90. The van der Waals surface area contributed by atoms with Crippen molar-refractivity contribution in [3.05, 3.63) is 35.7 Å². The van der Waals surface area contributed by atoms with Crippen LogP contribution in [-0.4, -0.2) is 33.2 Å². The number of nitrogens with zero attached hydrogens (tertiary/aromatic N) is 4. The number of hydrogen-bond donors (Lipinski definition) is 2. The first-order valence-electron chi connectivity index (χ1n) is 8.41. The molecule has 0 saturated carbocycles. The number of aromatic nitrogens is 3. The third-order valence-corrected chi connectivity index (χ3v) is 4.17. The Kier molecular flexibility index (Phi) is 4.97. The number of carbonyl (C=O) groups is 2. The van der Waals surface area contributed by atoms with Crippen molar-refractivity contribution in [1.82, 2.24) is 20.1 Å². The molecular weight excluding hydrogens is 320 g/mol. The van der Waals surface area contributed by atoms with Crippen LogP contribution >= 0.6 is 0 Å². The van der Waals surface area contributed by atoms with Gasteiger partial charge in [0.1, 0.15) is 5.82 Å². The van der Waals surface area contributed by atoms with Crippen LogP contribution in [0.2, 0.25) is 0 Å². The number of amides is 3. The lowest BCUT2D eigenvalue weighted by Gasteiger charge is -2.16. The summed E-state index contributed by atoms with van der Waals surface area (Å²) < 4.78 is 1.65. The van der Waals surface area contributed by atoms with Crippen LogP contribution in [0.5, 0.6) is 0 Å². The third-order valence-electron chi connectivity index (χ3n) is 4.17. The van der Waals surface area contributed by atoms with Crippen molar-refractivity contribution in [1.29, 1.82) is 0 Å². The van der Waals surface area contributed by atoms with E-state index in [-0.39, 0.29) is 11.9 Å². The second-order valence-electron chi connectivity index (χ2n) is 5.95. The SMILES string of the molecule is CCc1nc(NC(=O)NCc2ccc(N3CCCC3=O)cc2)nn1C. The van der Waals surface area contributed by atoms with E-state index < -0.39 is 0 Å². The standard InChI is InChI=1S/C17H22N6O2/c1-3-14-19-16(21-22(14)2)20-17(25)18-11-12-6-8-13(9-7-12)23-10-4-5-15(23)24/h6-9H,3-5,10-11H2,1-2H3,(H2,18,20,21,25). The highest BCUT2D eigenvalue weighted by molar-refractivity contribution is 5.95. The average Bonchev–Trinajstić information content (AvgIpc) is 3.18. The van der Waals surface area contributed by atoms with E-state index in [9.17, 15) is 9.59 Å². The molecule has 0 aliphatic carbocycles. The van der Waals surface area contributed by atoms with E-state index in [1.54, 1.807) is 16.6 Å². The zero-order valence-corrected chi connectivity index (χ0v) is 14.5. The monoisotopic (exact) mass is 342 g/mol. The fourth-order valence-electron chi connectivity index (χ4n) is 2.82. The molecule has 1 fully saturated rings. The average molecular weight is 342 g/mol. The Morgan fingerprint density at radius 2 is 2.04 bits per heavy atom. The van der Waals surface area contributed by atoms with Crippen molar-refractivity contribution in [2.75, 3.05) is 16.8 Å². The molecule has 8 nitrogen and oxygen atoms in total. The van der Waals surface area contributed by atoms with E-state index in [1.807, 2.05) is 31.2 Å². The molecule has 1 aliphatic heterocycles. The van der Waals surface area contributed by atoms with Crippen LogP contribution in [-0.2, 0) is 24.8 Å². The summed E-state index contributed by atoms with van der Waals surface area (Å²) in [6.07, 6.45) is 2.27. The molecule has 0 spiro atoms. The molecule has 0 bridgehead atoms. The molecular formula is C17H22N6O2. The largest absolute Gasteiger partial charge is 0.334 e. The zero-order chi connectivity index (χ0) is 17.8. The molecule has 0 radical (unpaired) electrons. The van der Waals surface area contributed by atoms with Crippen molar-refractivity contribution in [3.8, 4) is 0 Å². The van der Waals surface area contributed by atoms with Gasteiger partial charge in [0, 0.05) is 38.7 Å². The van der Waals surface area contributed by atoms with Crippen molar-refractivity contribution < 1.29 is 9.59 Å². The summed E-state index contributed by atoms with van der Waals surface area (Å²) in [6.45, 7) is 3.14. The fourth-order valence-corrected chi connectivity index (χ4v) is 2.82. The minimum absolute atomic E-state index is 0.166. The first kappa shape index (κ1) is 16.9. The topological polar surface area (TPSA) is 92.2 Å². The molecule has 2 N–H and O–H groups in total. The minimum Gasteiger partial charge on any atom is -0.334 e. The van der Waals surface area contributed by atoms with Gasteiger partial charge in [0.2, 0.25) is 11.9 Å². The van der Waals surface area contributed by atoms with Gasteiger partial charge in [-0.05, 0) is 24.1 Å². The molecule has 132 valence electrons. The Bertz CT molecular complexity index is 768. The van der Waals surface area contributed by atoms with Crippen LogP contribution < -0.4 is 15.5 Å². The lowest BCUT2D eigenvalue weighted by molar-refractivity contribution is -0.117. The van der Waals surface area contributed by atoms with Crippen molar-refractivity contribution in [2.24, 2.45) is 7.05 Å². The van der Waals surface area contributed by atoms with Crippen LogP contribution in [0.3, 0.4) is 0 Å². The molecule has 1 aliphatic rings.